The van der Waals surface area contributed by atoms with Crippen molar-refractivity contribution in [2.75, 3.05) is 6.61 Å². The van der Waals surface area contributed by atoms with Crippen molar-refractivity contribution in [2.45, 2.75) is 44.6 Å². The van der Waals surface area contributed by atoms with Gasteiger partial charge in [-0.1, -0.05) is 24.5 Å². The van der Waals surface area contributed by atoms with E-state index in [1.165, 1.54) is 37.7 Å². The fourth-order valence-electron chi connectivity index (χ4n) is 2.33. The zero-order valence-corrected chi connectivity index (χ0v) is 7.23. The molecule has 1 heteroatoms. The molecule has 1 aliphatic heterocycles. The molecule has 0 aromatic rings. The van der Waals surface area contributed by atoms with E-state index in [-0.39, 0.29) is 5.60 Å². The van der Waals surface area contributed by atoms with Crippen molar-refractivity contribution in [3.8, 4) is 0 Å². The molecule has 1 aliphatic carbocycles. The number of hydrogen-bond donors (Lipinski definition) is 0. The molecule has 0 amide bonds. The van der Waals surface area contributed by atoms with E-state index < -0.39 is 0 Å². The van der Waals surface area contributed by atoms with Crippen LogP contribution in [0.2, 0.25) is 0 Å². The third kappa shape index (κ3) is 1.34. The minimum absolute atomic E-state index is 0.277. The lowest BCUT2D eigenvalue weighted by Gasteiger charge is -2.32. The molecular weight excluding hydrogens is 136 g/mol. The third-order valence-corrected chi connectivity index (χ3v) is 2.94. The Morgan fingerprint density at radius 3 is 2.73 bits per heavy atom. The predicted molar refractivity (Wildman–Crippen MR) is 45.5 cm³/mol. The zero-order valence-electron chi connectivity index (χ0n) is 7.23. The van der Waals surface area contributed by atoms with Crippen LogP contribution in [0.4, 0.5) is 0 Å². The van der Waals surface area contributed by atoms with Gasteiger partial charge in [-0.2, -0.15) is 0 Å². The second-order valence-corrected chi connectivity index (χ2v) is 3.93. The van der Waals surface area contributed by atoms with E-state index in [0.29, 0.717) is 0 Å². The lowest BCUT2D eigenvalue weighted by molar-refractivity contribution is -0.0338. The SMILES string of the molecule is CC1=CCOC2(CCCC2)C1. The molecule has 2 aliphatic rings. The van der Waals surface area contributed by atoms with Gasteiger partial charge < -0.3 is 4.74 Å². The monoisotopic (exact) mass is 152 g/mol. The van der Waals surface area contributed by atoms with Gasteiger partial charge >= 0.3 is 0 Å². The van der Waals surface area contributed by atoms with E-state index >= 15 is 0 Å². The van der Waals surface area contributed by atoms with E-state index in [1.54, 1.807) is 0 Å². The zero-order chi connectivity index (χ0) is 7.73. The summed E-state index contributed by atoms with van der Waals surface area (Å²) < 4.78 is 5.82. The Bertz CT molecular complexity index is 175. The van der Waals surface area contributed by atoms with Gasteiger partial charge in [-0.05, 0) is 26.2 Å². The molecule has 0 unspecified atom stereocenters. The quantitative estimate of drug-likeness (QED) is 0.485. The summed E-state index contributed by atoms with van der Waals surface area (Å²) in [5, 5.41) is 0. The van der Waals surface area contributed by atoms with Gasteiger partial charge in [0.25, 0.3) is 0 Å². The van der Waals surface area contributed by atoms with Crippen LogP contribution in [-0.4, -0.2) is 12.2 Å². The van der Waals surface area contributed by atoms with Crippen molar-refractivity contribution in [2.24, 2.45) is 0 Å². The van der Waals surface area contributed by atoms with Gasteiger partial charge in [0.2, 0.25) is 0 Å². The Morgan fingerprint density at radius 2 is 2.09 bits per heavy atom. The first-order valence-electron chi connectivity index (χ1n) is 4.60. The summed E-state index contributed by atoms with van der Waals surface area (Å²) in [7, 11) is 0. The average molecular weight is 152 g/mol. The minimum atomic E-state index is 0.277. The normalized spacial score (nSPS) is 29.0. The molecular formula is C10H16O. The van der Waals surface area contributed by atoms with Gasteiger partial charge in [-0.25, -0.2) is 0 Å². The lowest BCUT2D eigenvalue weighted by Crippen LogP contribution is -2.32. The van der Waals surface area contributed by atoms with Crippen LogP contribution in [0.5, 0.6) is 0 Å². The molecule has 0 atom stereocenters. The summed E-state index contributed by atoms with van der Waals surface area (Å²) in [6.45, 7) is 3.08. The standard InChI is InChI=1S/C10H16O/c1-9-4-7-11-10(8-9)5-2-3-6-10/h4H,2-3,5-8H2,1H3. The van der Waals surface area contributed by atoms with Gasteiger partial charge in [0.05, 0.1) is 12.2 Å². The Hall–Kier alpha value is -0.300. The topological polar surface area (TPSA) is 9.23 Å². The second-order valence-electron chi connectivity index (χ2n) is 3.93. The minimum Gasteiger partial charge on any atom is -0.371 e. The van der Waals surface area contributed by atoms with E-state index in [9.17, 15) is 0 Å². The third-order valence-electron chi connectivity index (χ3n) is 2.94. The summed E-state index contributed by atoms with van der Waals surface area (Å²) in [6.07, 6.45) is 8.72. The Kier molecular flexibility index (Phi) is 1.76. The highest BCUT2D eigenvalue weighted by Gasteiger charge is 2.36. The van der Waals surface area contributed by atoms with Crippen molar-refractivity contribution in [3.63, 3.8) is 0 Å². The number of rotatable bonds is 0. The van der Waals surface area contributed by atoms with Crippen LogP contribution in [0.15, 0.2) is 11.6 Å². The Labute approximate surface area is 68.4 Å². The summed E-state index contributed by atoms with van der Waals surface area (Å²) in [6, 6.07) is 0. The number of hydrogen-bond acceptors (Lipinski definition) is 1. The van der Waals surface area contributed by atoms with Crippen LogP contribution >= 0.6 is 0 Å². The maximum Gasteiger partial charge on any atom is 0.0723 e. The molecule has 0 radical (unpaired) electrons. The molecule has 1 fully saturated rings. The predicted octanol–water partition coefficient (Wildman–Crippen LogP) is 2.67. The molecule has 0 saturated heterocycles. The van der Waals surface area contributed by atoms with Gasteiger partial charge in [0.1, 0.15) is 0 Å². The van der Waals surface area contributed by atoms with Gasteiger partial charge in [-0.3, -0.25) is 0 Å². The van der Waals surface area contributed by atoms with Crippen molar-refractivity contribution in [1.29, 1.82) is 0 Å². The van der Waals surface area contributed by atoms with Crippen LogP contribution in [0.3, 0.4) is 0 Å². The highest BCUT2D eigenvalue weighted by molar-refractivity contribution is 5.09. The highest BCUT2D eigenvalue weighted by atomic mass is 16.5. The van der Waals surface area contributed by atoms with Crippen LogP contribution in [0, 0.1) is 0 Å². The van der Waals surface area contributed by atoms with E-state index in [4.69, 9.17) is 4.74 Å². The molecule has 2 rings (SSSR count). The second kappa shape index (κ2) is 2.63. The molecule has 1 spiro atoms. The van der Waals surface area contributed by atoms with Crippen LogP contribution < -0.4 is 0 Å². The van der Waals surface area contributed by atoms with Crippen molar-refractivity contribution < 1.29 is 4.74 Å². The van der Waals surface area contributed by atoms with E-state index in [2.05, 4.69) is 13.0 Å². The summed E-state index contributed by atoms with van der Waals surface area (Å²) in [5.74, 6) is 0. The fourth-order valence-corrected chi connectivity index (χ4v) is 2.33. The molecule has 11 heavy (non-hydrogen) atoms. The molecule has 0 N–H and O–H groups in total. The lowest BCUT2D eigenvalue weighted by atomic mass is 9.91. The molecule has 0 bridgehead atoms. The summed E-state index contributed by atoms with van der Waals surface area (Å²) >= 11 is 0. The highest BCUT2D eigenvalue weighted by Crippen LogP contribution is 2.39. The van der Waals surface area contributed by atoms with Crippen molar-refractivity contribution in [1.82, 2.24) is 0 Å². The van der Waals surface area contributed by atoms with Crippen LogP contribution in [-0.2, 0) is 4.74 Å². The van der Waals surface area contributed by atoms with Gasteiger partial charge in [-0.15, -0.1) is 0 Å². The summed E-state index contributed by atoms with van der Waals surface area (Å²) in [4.78, 5) is 0. The molecule has 1 saturated carbocycles. The van der Waals surface area contributed by atoms with Gasteiger partial charge in [0.15, 0.2) is 0 Å². The first kappa shape index (κ1) is 7.35. The average Bonchev–Trinajstić information content (AvgIpc) is 2.37. The number of ether oxygens (including phenoxy) is 1. The van der Waals surface area contributed by atoms with Crippen molar-refractivity contribution in [3.05, 3.63) is 11.6 Å². The maximum absolute atomic E-state index is 5.82. The van der Waals surface area contributed by atoms with Gasteiger partial charge in [0, 0.05) is 0 Å². The summed E-state index contributed by atoms with van der Waals surface area (Å²) in [5.41, 5.74) is 1.80. The molecule has 0 aromatic heterocycles. The largest absolute Gasteiger partial charge is 0.371 e. The first-order chi connectivity index (χ1) is 5.31. The van der Waals surface area contributed by atoms with Crippen LogP contribution in [0.25, 0.3) is 0 Å². The van der Waals surface area contributed by atoms with Crippen LogP contribution in [0.1, 0.15) is 39.0 Å². The molecule has 0 aromatic carbocycles. The maximum atomic E-state index is 5.82. The van der Waals surface area contributed by atoms with E-state index in [1.807, 2.05) is 0 Å². The van der Waals surface area contributed by atoms with Crippen molar-refractivity contribution >= 4 is 0 Å². The Balaban J connectivity index is 2.09. The smallest absolute Gasteiger partial charge is 0.0723 e. The Morgan fingerprint density at radius 1 is 1.36 bits per heavy atom. The van der Waals surface area contributed by atoms with E-state index in [0.717, 1.165) is 6.61 Å². The molecule has 62 valence electrons. The first-order valence-corrected chi connectivity index (χ1v) is 4.60. The fraction of sp³-hybridized carbons (Fsp3) is 0.800. The molecule has 1 nitrogen and oxygen atoms in total. The molecule has 1 heterocycles.